The van der Waals surface area contributed by atoms with Crippen molar-refractivity contribution in [1.82, 2.24) is 0 Å². The molecule has 0 saturated carbocycles. The van der Waals surface area contributed by atoms with Crippen molar-refractivity contribution in [2.24, 2.45) is 5.73 Å². The highest BCUT2D eigenvalue weighted by Gasteiger charge is 2.17. The Labute approximate surface area is 106 Å². The van der Waals surface area contributed by atoms with Crippen LogP contribution in [0.25, 0.3) is 0 Å². The molecule has 1 aliphatic heterocycles. The fraction of sp³-hybridized carbons (Fsp3) is 0.462. The van der Waals surface area contributed by atoms with Crippen molar-refractivity contribution in [3.63, 3.8) is 0 Å². The summed E-state index contributed by atoms with van der Waals surface area (Å²) >= 11 is 0. The molecular weight excluding hydrogens is 232 g/mol. The molecule has 1 fully saturated rings. The first-order valence-corrected chi connectivity index (χ1v) is 6.12. The van der Waals surface area contributed by atoms with Crippen LogP contribution in [0.4, 0.5) is 10.5 Å². The Kier molecular flexibility index (Phi) is 4.55. The van der Waals surface area contributed by atoms with Crippen molar-refractivity contribution in [2.45, 2.75) is 25.5 Å². The summed E-state index contributed by atoms with van der Waals surface area (Å²) in [5.41, 5.74) is 7.19. The van der Waals surface area contributed by atoms with E-state index in [4.69, 9.17) is 15.2 Å². The first-order valence-electron chi connectivity index (χ1n) is 6.12. The number of hydrogen-bond donors (Lipinski definition) is 2. The van der Waals surface area contributed by atoms with Crippen molar-refractivity contribution in [2.75, 3.05) is 18.5 Å². The molecule has 2 rings (SSSR count). The molecule has 0 bridgehead atoms. The van der Waals surface area contributed by atoms with E-state index in [2.05, 4.69) is 5.32 Å². The van der Waals surface area contributed by atoms with E-state index in [1.54, 1.807) is 6.07 Å². The maximum atomic E-state index is 11.5. The van der Waals surface area contributed by atoms with Crippen LogP contribution in [0, 0.1) is 0 Å². The molecule has 18 heavy (non-hydrogen) atoms. The molecule has 1 saturated heterocycles. The summed E-state index contributed by atoms with van der Waals surface area (Å²) in [6, 6.07) is 7.38. The van der Waals surface area contributed by atoms with Gasteiger partial charge in [0, 0.05) is 18.8 Å². The van der Waals surface area contributed by atoms with Crippen LogP contribution in [-0.4, -0.2) is 25.4 Å². The molecule has 3 N–H and O–H groups in total. The normalized spacial score (nSPS) is 18.6. The number of amides is 1. The van der Waals surface area contributed by atoms with E-state index in [-0.39, 0.29) is 6.10 Å². The molecule has 0 spiro atoms. The third-order valence-corrected chi connectivity index (χ3v) is 2.83. The van der Waals surface area contributed by atoms with Crippen LogP contribution in [0.2, 0.25) is 0 Å². The number of anilines is 1. The average molecular weight is 250 g/mol. The molecule has 1 unspecified atom stereocenters. The van der Waals surface area contributed by atoms with Crippen LogP contribution in [0.5, 0.6) is 0 Å². The smallest absolute Gasteiger partial charge is 0.411 e. The van der Waals surface area contributed by atoms with Gasteiger partial charge in [0.1, 0.15) is 6.61 Å². The first-order chi connectivity index (χ1) is 8.78. The summed E-state index contributed by atoms with van der Waals surface area (Å²) in [4.78, 5) is 11.5. The van der Waals surface area contributed by atoms with Crippen molar-refractivity contribution in [1.29, 1.82) is 0 Å². The van der Waals surface area contributed by atoms with Gasteiger partial charge >= 0.3 is 6.09 Å². The number of carbonyl (C=O) groups is 1. The summed E-state index contributed by atoms with van der Waals surface area (Å²) in [6.07, 6.45) is 1.58. The standard InChI is InChI=1S/C13H18N2O3/c14-8-10-3-1-4-11(7-10)15-13(16)18-9-12-5-2-6-17-12/h1,3-4,7,12H,2,5-6,8-9,14H2,(H,15,16). The third kappa shape index (κ3) is 3.72. The number of carbonyl (C=O) groups excluding carboxylic acids is 1. The van der Waals surface area contributed by atoms with Crippen LogP contribution in [-0.2, 0) is 16.0 Å². The van der Waals surface area contributed by atoms with E-state index in [1.807, 2.05) is 18.2 Å². The van der Waals surface area contributed by atoms with E-state index in [9.17, 15) is 4.79 Å². The van der Waals surface area contributed by atoms with Gasteiger partial charge in [-0.25, -0.2) is 4.79 Å². The van der Waals surface area contributed by atoms with Crippen molar-refractivity contribution in [3.8, 4) is 0 Å². The molecule has 0 radical (unpaired) electrons. The molecule has 1 amide bonds. The highest BCUT2D eigenvalue weighted by molar-refractivity contribution is 5.84. The zero-order chi connectivity index (χ0) is 12.8. The summed E-state index contributed by atoms with van der Waals surface area (Å²) in [7, 11) is 0. The lowest BCUT2D eigenvalue weighted by Gasteiger charge is -2.11. The molecule has 5 heteroatoms. The van der Waals surface area contributed by atoms with Crippen LogP contribution >= 0.6 is 0 Å². The summed E-state index contributed by atoms with van der Waals surface area (Å²) < 4.78 is 10.5. The Morgan fingerprint density at radius 2 is 2.44 bits per heavy atom. The van der Waals surface area contributed by atoms with Crippen LogP contribution in [0.3, 0.4) is 0 Å². The minimum absolute atomic E-state index is 0.0473. The lowest BCUT2D eigenvalue weighted by molar-refractivity contribution is 0.0484. The van der Waals surface area contributed by atoms with Gasteiger partial charge in [0.2, 0.25) is 0 Å². The van der Waals surface area contributed by atoms with Crippen LogP contribution < -0.4 is 11.1 Å². The Morgan fingerprint density at radius 1 is 1.56 bits per heavy atom. The van der Waals surface area contributed by atoms with E-state index in [0.29, 0.717) is 18.8 Å². The van der Waals surface area contributed by atoms with Crippen molar-refractivity contribution in [3.05, 3.63) is 29.8 Å². The fourth-order valence-corrected chi connectivity index (χ4v) is 1.87. The number of nitrogens with two attached hydrogens (primary N) is 1. The minimum Gasteiger partial charge on any atom is -0.447 e. The quantitative estimate of drug-likeness (QED) is 0.855. The van der Waals surface area contributed by atoms with Gasteiger partial charge in [0.25, 0.3) is 0 Å². The molecule has 1 aliphatic rings. The van der Waals surface area contributed by atoms with Gasteiger partial charge in [-0.1, -0.05) is 12.1 Å². The molecule has 0 aliphatic carbocycles. The van der Waals surface area contributed by atoms with E-state index in [1.165, 1.54) is 0 Å². The second kappa shape index (κ2) is 6.37. The number of ether oxygens (including phenoxy) is 2. The van der Waals surface area contributed by atoms with Gasteiger partial charge in [-0.05, 0) is 30.5 Å². The lowest BCUT2D eigenvalue weighted by atomic mass is 10.2. The maximum Gasteiger partial charge on any atom is 0.411 e. The van der Waals surface area contributed by atoms with Gasteiger partial charge in [-0.2, -0.15) is 0 Å². The molecule has 1 heterocycles. The van der Waals surface area contributed by atoms with Crippen molar-refractivity contribution >= 4 is 11.8 Å². The predicted octanol–water partition coefficient (Wildman–Crippen LogP) is 1.87. The van der Waals surface area contributed by atoms with Gasteiger partial charge in [-0.15, -0.1) is 0 Å². The predicted molar refractivity (Wildman–Crippen MR) is 68.3 cm³/mol. The SMILES string of the molecule is NCc1cccc(NC(=O)OCC2CCCO2)c1. The maximum absolute atomic E-state index is 11.5. The van der Waals surface area contributed by atoms with Crippen LogP contribution in [0.1, 0.15) is 18.4 Å². The molecule has 5 nitrogen and oxygen atoms in total. The van der Waals surface area contributed by atoms with Gasteiger partial charge in [0.05, 0.1) is 6.10 Å². The highest BCUT2D eigenvalue weighted by atomic mass is 16.6. The topological polar surface area (TPSA) is 73.6 Å². The van der Waals surface area contributed by atoms with Crippen molar-refractivity contribution < 1.29 is 14.3 Å². The third-order valence-electron chi connectivity index (χ3n) is 2.83. The minimum atomic E-state index is -0.459. The second-order valence-electron chi connectivity index (χ2n) is 4.26. The summed E-state index contributed by atoms with van der Waals surface area (Å²) in [6.45, 7) is 1.51. The fourth-order valence-electron chi connectivity index (χ4n) is 1.87. The summed E-state index contributed by atoms with van der Waals surface area (Å²) in [5, 5.41) is 2.67. The Bertz CT molecular complexity index is 403. The molecule has 1 aromatic rings. The number of nitrogens with one attached hydrogen (secondary N) is 1. The molecular formula is C13H18N2O3. The number of hydrogen-bond acceptors (Lipinski definition) is 4. The largest absolute Gasteiger partial charge is 0.447 e. The van der Waals surface area contributed by atoms with E-state index >= 15 is 0 Å². The summed E-state index contributed by atoms with van der Waals surface area (Å²) in [5.74, 6) is 0. The molecule has 0 aromatic heterocycles. The number of benzene rings is 1. The first kappa shape index (κ1) is 12.9. The van der Waals surface area contributed by atoms with E-state index < -0.39 is 6.09 Å². The second-order valence-corrected chi connectivity index (χ2v) is 4.26. The van der Waals surface area contributed by atoms with Gasteiger partial charge in [-0.3, -0.25) is 5.32 Å². The zero-order valence-electron chi connectivity index (χ0n) is 10.2. The van der Waals surface area contributed by atoms with E-state index in [0.717, 1.165) is 25.0 Å². The molecule has 98 valence electrons. The Balaban J connectivity index is 1.78. The van der Waals surface area contributed by atoms with Crippen LogP contribution in [0.15, 0.2) is 24.3 Å². The Morgan fingerprint density at radius 3 is 3.17 bits per heavy atom. The number of rotatable bonds is 4. The highest BCUT2D eigenvalue weighted by Crippen LogP contribution is 2.13. The molecule has 1 atom stereocenters. The lowest BCUT2D eigenvalue weighted by Crippen LogP contribution is -2.21. The monoisotopic (exact) mass is 250 g/mol. The molecule has 1 aromatic carbocycles. The zero-order valence-corrected chi connectivity index (χ0v) is 10.2. The Hall–Kier alpha value is -1.59. The average Bonchev–Trinajstić information content (AvgIpc) is 2.90. The van der Waals surface area contributed by atoms with Gasteiger partial charge < -0.3 is 15.2 Å². The van der Waals surface area contributed by atoms with Gasteiger partial charge in [0.15, 0.2) is 0 Å².